The van der Waals surface area contributed by atoms with E-state index < -0.39 is 63.6 Å². The average molecular weight is 884 g/mol. The van der Waals surface area contributed by atoms with Gasteiger partial charge in [0.05, 0.1) is 11.3 Å². The molecule has 51 heavy (non-hydrogen) atoms. The molecule has 7 rings (SSSR count). The molecule has 0 aliphatic carbocycles. The molecule has 0 saturated carbocycles. The summed E-state index contributed by atoms with van der Waals surface area (Å²) in [5, 5.41) is 10.1. The molecule has 7 aromatic rings. The minimum Gasteiger partial charge on any atom is -0.349 e. The SMILES string of the molecule is Fc1c(F)c(F)c(-c2nn[n-]c2-c2ccccn2)c(F)c1F.Fc1c[c-]c(-c2ccccn2)c(F)c1.Fc1c[c-]c(-c2ccccn2)c(F)c1.[Ir+3]. The third-order valence-corrected chi connectivity index (χ3v) is 6.43. The number of rotatable bonds is 4. The number of hydrogen-bond donors (Lipinski definition) is 0. The first kappa shape index (κ1) is 38.1. The van der Waals surface area contributed by atoms with Crippen LogP contribution in [0.1, 0.15) is 0 Å². The number of benzene rings is 3. The van der Waals surface area contributed by atoms with Crippen molar-refractivity contribution in [3.8, 4) is 45.2 Å². The maximum absolute atomic E-state index is 13.8. The van der Waals surface area contributed by atoms with Crippen molar-refractivity contribution in [1.82, 2.24) is 30.4 Å². The Hall–Kier alpha value is -5.73. The molecule has 0 saturated heterocycles. The van der Waals surface area contributed by atoms with E-state index in [0.29, 0.717) is 11.4 Å². The number of hydrogen-bond acceptors (Lipinski definition) is 5. The molecular formula is C35H16F9IrN6. The maximum Gasteiger partial charge on any atom is 3.00 e. The van der Waals surface area contributed by atoms with Crippen LogP contribution in [0.25, 0.3) is 45.2 Å². The Morgan fingerprint density at radius 1 is 0.510 bits per heavy atom. The van der Waals surface area contributed by atoms with Gasteiger partial charge in [-0.15, -0.1) is 24.3 Å². The zero-order valence-electron chi connectivity index (χ0n) is 25.2. The Kier molecular flexibility index (Phi) is 12.9. The van der Waals surface area contributed by atoms with E-state index in [2.05, 4.69) is 42.5 Å². The molecule has 0 amide bonds. The number of aromatic nitrogens is 6. The van der Waals surface area contributed by atoms with Crippen LogP contribution in [0.5, 0.6) is 0 Å². The van der Waals surface area contributed by atoms with Crippen LogP contribution < -0.4 is 5.10 Å². The van der Waals surface area contributed by atoms with Gasteiger partial charge in [-0.3, -0.25) is 27.8 Å². The molecule has 0 N–H and O–H groups in total. The average Bonchev–Trinajstić information content (AvgIpc) is 3.61. The molecule has 3 aromatic carbocycles. The van der Waals surface area contributed by atoms with Crippen LogP contribution in [0, 0.1) is 64.5 Å². The van der Waals surface area contributed by atoms with E-state index in [9.17, 15) is 39.5 Å². The van der Waals surface area contributed by atoms with Gasteiger partial charge < -0.3 is 20.2 Å². The minimum absolute atomic E-state index is 0. The van der Waals surface area contributed by atoms with Gasteiger partial charge in [0.1, 0.15) is 0 Å². The topological polar surface area (TPSA) is 78.5 Å². The zero-order chi connectivity index (χ0) is 35.8. The zero-order valence-corrected chi connectivity index (χ0v) is 27.6. The van der Waals surface area contributed by atoms with E-state index in [1.807, 2.05) is 0 Å². The molecule has 0 atom stereocenters. The largest absolute Gasteiger partial charge is 3.00 e. The first-order valence-electron chi connectivity index (χ1n) is 13.9. The molecule has 0 aliphatic rings. The van der Waals surface area contributed by atoms with Gasteiger partial charge in [0.2, 0.25) is 5.82 Å². The molecule has 0 radical (unpaired) electrons. The normalized spacial score (nSPS) is 10.3. The van der Waals surface area contributed by atoms with E-state index in [0.717, 1.165) is 24.3 Å². The van der Waals surface area contributed by atoms with Crippen molar-refractivity contribution in [1.29, 1.82) is 0 Å². The smallest absolute Gasteiger partial charge is 0.349 e. The van der Waals surface area contributed by atoms with Crippen LogP contribution in [-0.4, -0.2) is 25.3 Å². The molecule has 0 bridgehead atoms. The molecule has 0 unspecified atom stereocenters. The fraction of sp³-hybridized carbons (Fsp3) is 0. The third-order valence-electron chi connectivity index (χ3n) is 6.43. The van der Waals surface area contributed by atoms with Crippen LogP contribution in [-0.2, 0) is 20.1 Å². The van der Waals surface area contributed by atoms with Gasteiger partial charge >= 0.3 is 20.1 Å². The first-order valence-corrected chi connectivity index (χ1v) is 13.9. The van der Waals surface area contributed by atoms with Gasteiger partial charge in [-0.25, -0.2) is 22.0 Å². The Labute approximate surface area is 296 Å². The van der Waals surface area contributed by atoms with Crippen LogP contribution in [0.15, 0.2) is 97.5 Å². The van der Waals surface area contributed by atoms with Crippen molar-refractivity contribution in [2.24, 2.45) is 0 Å². The van der Waals surface area contributed by atoms with Gasteiger partial charge in [0.15, 0.2) is 23.3 Å². The van der Waals surface area contributed by atoms with Crippen LogP contribution >= 0.6 is 0 Å². The summed E-state index contributed by atoms with van der Waals surface area (Å²) < 4.78 is 119. The predicted octanol–water partition coefficient (Wildman–Crippen LogP) is 8.51. The summed E-state index contributed by atoms with van der Waals surface area (Å²) in [6, 6.07) is 23.6. The summed E-state index contributed by atoms with van der Waals surface area (Å²) in [5.41, 5.74) is -0.558. The number of nitrogens with zero attached hydrogens (tertiary/aromatic N) is 6. The second-order valence-electron chi connectivity index (χ2n) is 9.66. The fourth-order valence-corrected chi connectivity index (χ4v) is 4.17. The second kappa shape index (κ2) is 17.3. The van der Waals surface area contributed by atoms with Gasteiger partial charge in [-0.1, -0.05) is 53.6 Å². The van der Waals surface area contributed by atoms with E-state index in [4.69, 9.17) is 0 Å². The molecule has 4 heterocycles. The molecule has 6 nitrogen and oxygen atoms in total. The predicted molar refractivity (Wildman–Crippen MR) is 161 cm³/mol. The molecule has 0 fully saturated rings. The molecular weight excluding hydrogens is 868 g/mol. The summed E-state index contributed by atoms with van der Waals surface area (Å²) in [6.45, 7) is 0. The molecule has 4 aromatic heterocycles. The Bertz CT molecular complexity index is 2110. The van der Waals surface area contributed by atoms with Crippen LogP contribution in [0.2, 0.25) is 0 Å². The first-order chi connectivity index (χ1) is 24.1. The second-order valence-corrected chi connectivity index (χ2v) is 9.66. The summed E-state index contributed by atoms with van der Waals surface area (Å²) in [4.78, 5) is 11.8. The summed E-state index contributed by atoms with van der Waals surface area (Å²) in [6.07, 6.45) is 4.46. The van der Waals surface area contributed by atoms with Gasteiger partial charge in [-0.2, -0.15) is 0 Å². The Morgan fingerprint density at radius 3 is 1.31 bits per heavy atom. The summed E-state index contributed by atoms with van der Waals surface area (Å²) in [7, 11) is 0. The van der Waals surface area contributed by atoms with E-state index in [-0.39, 0.29) is 42.6 Å². The van der Waals surface area contributed by atoms with Crippen molar-refractivity contribution in [2.45, 2.75) is 0 Å². The number of halogens is 9. The minimum atomic E-state index is -2.24. The summed E-state index contributed by atoms with van der Waals surface area (Å²) in [5.74, 6) is -13.0. The molecule has 0 spiro atoms. The van der Waals surface area contributed by atoms with E-state index in [1.54, 1.807) is 60.9 Å². The van der Waals surface area contributed by atoms with Gasteiger partial charge in [0, 0.05) is 47.6 Å². The number of pyridine rings is 3. The van der Waals surface area contributed by atoms with E-state index >= 15 is 0 Å². The van der Waals surface area contributed by atoms with Crippen molar-refractivity contribution in [2.75, 3.05) is 0 Å². The van der Waals surface area contributed by atoms with Crippen molar-refractivity contribution in [3.05, 3.63) is 162 Å². The van der Waals surface area contributed by atoms with Crippen LogP contribution in [0.3, 0.4) is 0 Å². The fourth-order valence-electron chi connectivity index (χ4n) is 4.17. The van der Waals surface area contributed by atoms with Crippen molar-refractivity contribution >= 4 is 0 Å². The van der Waals surface area contributed by atoms with Gasteiger partial charge in [0.25, 0.3) is 0 Å². The van der Waals surface area contributed by atoms with Crippen molar-refractivity contribution in [3.63, 3.8) is 0 Å². The molecule has 258 valence electrons. The molecule has 16 heteroatoms. The van der Waals surface area contributed by atoms with Crippen molar-refractivity contribution < 1.29 is 59.6 Å². The summed E-state index contributed by atoms with van der Waals surface area (Å²) >= 11 is 0. The monoisotopic (exact) mass is 884 g/mol. The standard InChI is InChI=1S/C13H4F5N4.2C11H6F2N.Ir/c14-7-6(8(15)10(17)11(18)9(7)16)13-12(20-22-21-13)5-3-1-2-4-19-5;2*12-8-4-5-9(10(13)7-8)11-3-1-2-6-14-11;/h1-4H;2*1-4,6-7H;/q3*-1;+3. The Balaban J connectivity index is 0.000000177. The Morgan fingerprint density at radius 2 is 0.922 bits per heavy atom. The third kappa shape index (κ3) is 8.90. The van der Waals surface area contributed by atoms with E-state index in [1.165, 1.54) is 12.3 Å². The maximum atomic E-state index is 13.8. The van der Waals surface area contributed by atoms with Gasteiger partial charge in [-0.05, 0) is 41.3 Å². The quantitative estimate of drug-likeness (QED) is 0.0765. The van der Waals surface area contributed by atoms with Crippen LogP contribution in [0.4, 0.5) is 39.5 Å². The molecule has 0 aliphatic heterocycles.